The Labute approximate surface area is 140 Å². The van der Waals surface area contributed by atoms with Gasteiger partial charge in [0.2, 0.25) is 10.0 Å². The molecule has 2 rings (SSSR count). The monoisotopic (exact) mass is 352 g/mol. The summed E-state index contributed by atoms with van der Waals surface area (Å²) in [6.07, 6.45) is 1.10. The van der Waals surface area contributed by atoms with Gasteiger partial charge in [-0.25, -0.2) is 18.1 Å². The molecule has 24 heavy (non-hydrogen) atoms. The molecule has 0 saturated carbocycles. The fourth-order valence-electron chi connectivity index (χ4n) is 2.51. The fraction of sp³-hybridized carbons (Fsp3) is 0.400. The van der Waals surface area contributed by atoms with Crippen molar-refractivity contribution in [2.75, 3.05) is 18.1 Å². The van der Waals surface area contributed by atoms with E-state index in [9.17, 15) is 18.5 Å². The molecule has 8 nitrogen and oxygen atoms in total. The SMILES string of the molecule is Cc1cc(NCC(C)(C)NS(C)(=O)=O)c2cccc([N+](=O)[O-])c2n1. The number of sulfonamides is 1. The predicted molar refractivity (Wildman–Crippen MR) is 93.7 cm³/mol. The standard InChI is InChI=1S/C15H20N4O4S/c1-10-8-12(16-9-15(2,3)18-24(4,22)23)11-6-5-7-13(19(20)21)14(11)17-10/h5-8,18H,9H2,1-4H3,(H,16,17). The van der Waals surface area contributed by atoms with Crippen LogP contribution in [0.3, 0.4) is 0 Å². The van der Waals surface area contributed by atoms with E-state index in [1.54, 1.807) is 39.0 Å². The van der Waals surface area contributed by atoms with Crippen molar-refractivity contribution >= 4 is 32.3 Å². The van der Waals surface area contributed by atoms with E-state index in [0.717, 1.165) is 6.26 Å². The van der Waals surface area contributed by atoms with Gasteiger partial charge in [0.05, 0.1) is 11.2 Å². The third-order valence-corrected chi connectivity index (χ3v) is 4.25. The molecule has 0 bridgehead atoms. The number of hydrogen-bond donors (Lipinski definition) is 2. The van der Waals surface area contributed by atoms with Crippen LogP contribution in [0.25, 0.3) is 10.9 Å². The summed E-state index contributed by atoms with van der Waals surface area (Å²) in [6, 6.07) is 6.53. The third kappa shape index (κ3) is 4.39. The number of benzene rings is 1. The number of pyridine rings is 1. The van der Waals surface area contributed by atoms with Crippen molar-refractivity contribution in [3.8, 4) is 0 Å². The molecule has 9 heteroatoms. The van der Waals surface area contributed by atoms with Gasteiger partial charge in [0.15, 0.2) is 5.52 Å². The van der Waals surface area contributed by atoms with Crippen LogP contribution in [0.5, 0.6) is 0 Å². The number of para-hydroxylation sites is 1. The van der Waals surface area contributed by atoms with Crippen LogP contribution >= 0.6 is 0 Å². The maximum atomic E-state index is 11.4. The van der Waals surface area contributed by atoms with Crippen molar-refractivity contribution in [3.63, 3.8) is 0 Å². The molecule has 0 amide bonds. The lowest BCUT2D eigenvalue weighted by Crippen LogP contribution is -2.47. The molecule has 0 spiro atoms. The topological polar surface area (TPSA) is 114 Å². The first-order valence-electron chi connectivity index (χ1n) is 7.26. The van der Waals surface area contributed by atoms with Crippen LogP contribution in [0.4, 0.5) is 11.4 Å². The van der Waals surface area contributed by atoms with E-state index < -0.39 is 20.5 Å². The maximum absolute atomic E-state index is 11.4. The van der Waals surface area contributed by atoms with Crippen LogP contribution in [0.15, 0.2) is 24.3 Å². The summed E-state index contributed by atoms with van der Waals surface area (Å²) >= 11 is 0. The van der Waals surface area contributed by atoms with Crippen molar-refractivity contribution in [1.29, 1.82) is 0 Å². The van der Waals surface area contributed by atoms with Crippen molar-refractivity contribution in [3.05, 3.63) is 40.1 Å². The number of aromatic nitrogens is 1. The summed E-state index contributed by atoms with van der Waals surface area (Å²) in [5, 5.41) is 15.0. The van der Waals surface area contributed by atoms with Gasteiger partial charge in [-0.05, 0) is 26.8 Å². The van der Waals surface area contributed by atoms with E-state index in [-0.39, 0.29) is 5.69 Å². The number of anilines is 1. The molecule has 1 aromatic carbocycles. The van der Waals surface area contributed by atoms with Crippen LogP contribution in [0.1, 0.15) is 19.5 Å². The minimum Gasteiger partial charge on any atom is -0.383 e. The average Bonchev–Trinajstić information content (AvgIpc) is 2.41. The van der Waals surface area contributed by atoms with Gasteiger partial charge in [0.1, 0.15) is 0 Å². The molecular formula is C15H20N4O4S. The van der Waals surface area contributed by atoms with Gasteiger partial charge in [-0.1, -0.05) is 12.1 Å². The molecule has 1 aromatic heterocycles. The van der Waals surface area contributed by atoms with Gasteiger partial charge in [-0.2, -0.15) is 0 Å². The molecule has 2 N–H and O–H groups in total. The van der Waals surface area contributed by atoms with Gasteiger partial charge in [-0.15, -0.1) is 0 Å². The summed E-state index contributed by atoms with van der Waals surface area (Å²) in [7, 11) is -3.35. The summed E-state index contributed by atoms with van der Waals surface area (Å²) in [6.45, 7) is 5.56. The molecule has 0 atom stereocenters. The Hall–Kier alpha value is -2.26. The van der Waals surface area contributed by atoms with Crippen LogP contribution in [0, 0.1) is 17.0 Å². The molecule has 130 valence electrons. The lowest BCUT2D eigenvalue weighted by atomic mass is 10.1. The second-order valence-electron chi connectivity index (χ2n) is 6.35. The lowest BCUT2D eigenvalue weighted by Gasteiger charge is -2.26. The molecule has 0 aliphatic carbocycles. The summed E-state index contributed by atoms with van der Waals surface area (Å²) in [4.78, 5) is 15.0. The van der Waals surface area contributed by atoms with Gasteiger partial charge < -0.3 is 5.32 Å². The van der Waals surface area contributed by atoms with Gasteiger partial charge in [0.25, 0.3) is 5.69 Å². The molecule has 0 aliphatic rings. The zero-order valence-corrected chi connectivity index (χ0v) is 14.8. The van der Waals surface area contributed by atoms with Crippen LogP contribution in [0.2, 0.25) is 0 Å². The Kier molecular flexibility index (Phi) is 4.77. The second-order valence-corrected chi connectivity index (χ2v) is 8.10. The van der Waals surface area contributed by atoms with Gasteiger partial charge in [-0.3, -0.25) is 10.1 Å². The molecule has 0 radical (unpaired) electrons. The van der Waals surface area contributed by atoms with E-state index >= 15 is 0 Å². The first kappa shape index (κ1) is 18.1. The normalized spacial score (nSPS) is 12.3. The first-order valence-corrected chi connectivity index (χ1v) is 9.15. The van der Waals surface area contributed by atoms with Crippen LogP contribution < -0.4 is 10.0 Å². The van der Waals surface area contributed by atoms with E-state index in [2.05, 4.69) is 15.0 Å². The largest absolute Gasteiger partial charge is 0.383 e. The molecule has 1 heterocycles. The number of nitro benzene ring substituents is 1. The highest BCUT2D eigenvalue weighted by molar-refractivity contribution is 7.88. The van der Waals surface area contributed by atoms with Crippen molar-refractivity contribution < 1.29 is 13.3 Å². The number of nitro groups is 1. The quantitative estimate of drug-likeness (QED) is 0.608. The summed E-state index contributed by atoms with van der Waals surface area (Å²) in [5.41, 5.74) is 0.821. The zero-order chi connectivity index (χ0) is 18.1. The Balaban J connectivity index is 2.39. The Morgan fingerprint density at radius 1 is 1.33 bits per heavy atom. The minimum atomic E-state index is -3.35. The average molecular weight is 352 g/mol. The Morgan fingerprint density at radius 3 is 2.58 bits per heavy atom. The number of rotatable bonds is 6. The molecule has 0 aliphatic heterocycles. The Bertz CT molecular complexity index is 894. The number of fused-ring (bicyclic) bond motifs is 1. The van der Waals surface area contributed by atoms with E-state index in [1.807, 2.05) is 0 Å². The molecular weight excluding hydrogens is 332 g/mol. The minimum absolute atomic E-state index is 0.0622. The fourth-order valence-corrected chi connectivity index (χ4v) is 3.59. The third-order valence-electron chi connectivity index (χ3n) is 3.33. The molecule has 0 saturated heterocycles. The van der Waals surface area contributed by atoms with Crippen LogP contribution in [-0.2, 0) is 10.0 Å². The lowest BCUT2D eigenvalue weighted by molar-refractivity contribution is -0.383. The van der Waals surface area contributed by atoms with E-state index in [1.165, 1.54) is 6.07 Å². The number of non-ortho nitro benzene ring substituents is 1. The number of hydrogen-bond acceptors (Lipinski definition) is 6. The summed E-state index contributed by atoms with van der Waals surface area (Å²) < 4.78 is 25.4. The number of nitrogens with zero attached hydrogens (tertiary/aromatic N) is 2. The summed E-state index contributed by atoms with van der Waals surface area (Å²) in [5.74, 6) is 0. The van der Waals surface area contributed by atoms with Crippen molar-refractivity contribution in [2.24, 2.45) is 0 Å². The van der Waals surface area contributed by atoms with Crippen molar-refractivity contribution in [2.45, 2.75) is 26.3 Å². The molecule has 0 fully saturated rings. The highest BCUT2D eigenvalue weighted by Crippen LogP contribution is 2.30. The maximum Gasteiger partial charge on any atom is 0.295 e. The smallest absolute Gasteiger partial charge is 0.295 e. The van der Waals surface area contributed by atoms with E-state index in [0.29, 0.717) is 28.8 Å². The number of aryl methyl sites for hydroxylation is 1. The molecule has 0 unspecified atom stereocenters. The van der Waals surface area contributed by atoms with Crippen LogP contribution in [-0.4, -0.2) is 36.7 Å². The predicted octanol–water partition coefficient (Wildman–Crippen LogP) is 2.19. The highest BCUT2D eigenvalue weighted by atomic mass is 32.2. The Morgan fingerprint density at radius 2 is 2.00 bits per heavy atom. The second kappa shape index (κ2) is 6.33. The van der Waals surface area contributed by atoms with Gasteiger partial charge in [0, 0.05) is 34.9 Å². The zero-order valence-electron chi connectivity index (χ0n) is 14.0. The highest BCUT2D eigenvalue weighted by Gasteiger charge is 2.23. The molecule has 2 aromatic rings. The van der Waals surface area contributed by atoms with E-state index in [4.69, 9.17) is 0 Å². The van der Waals surface area contributed by atoms with Crippen molar-refractivity contribution in [1.82, 2.24) is 9.71 Å². The number of nitrogens with one attached hydrogen (secondary N) is 2. The first-order chi connectivity index (χ1) is 11.0. The van der Waals surface area contributed by atoms with Gasteiger partial charge >= 0.3 is 0 Å².